The number of thioether (sulfide) groups is 1. The van der Waals surface area contributed by atoms with Gasteiger partial charge in [-0.05, 0) is 76.0 Å². The molecule has 2 saturated heterocycles. The maximum Gasteiger partial charge on any atom is 0.0828 e. The van der Waals surface area contributed by atoms with E-state index in [-0.39, 0.29) is 11.7 Å². The maximum absolute atomic E-state index is 10.6. The van der Waals surface area contributed by atoms with Crippen molar-refractivity contribution in [2.75, 3.05) is 18.1 Å². The predicted molar refractivity (Wildman–Crippen MR) is 84.9 cm³/mol. The van der Waals surface area contributed by atoms with Crippen molar-refractivity contribution in [2.24, 2.45) is 5.92 Å². The van der Waals surface area contributed by atoms with E-state index in [0.717, 1.165) is 41.6 Å². The number of aliphatic hydroxyl groups is 1. The van der Waals surface area contributed by atoms with Gasteiger partial charge in [0, 0.05) is 6.61 Å². The number of ether oxygens (including phenoxy) is 1. The fourth-order valence-electron chi connectivity index (χ4n) is 3.18. The van der Waals surface area contributed by atoms with Crippen molar-refractivity contribution >= 4 is 39.0 Å². The lowest BCUT2D eigenvalue weighted by atomic mass is 9.78. The topological polar surface area (TPSA) is 29.5 Å². The first kappa shape index (κ1) is 14.4. The molecule has 1 spiro atoms. The summed E-state index contributed by atoms with van der Waals surface area (Å²) in [7, 11) is 0. The Bertz CT molecular complexity index is 423. The Morgan fingerprint density at radius 3 is 2.89 bits per heavy atom. The van der Waals surface area contributed by atoms with Crippen molar-refractivity contribution in [1.29, 1.82) is 0 Å². The van der Waals surface area contributed by atoms with E-state index >= 15 is 0 Å². The van der Waals surface area contributed by atoms with Crippen LogP contribution in [0.2, 0.25) is 0 Å². The molecule has 0 aromatic carbocycles. The Labute approximate surface area is 131 Å². The fourth-order valence-corrected chi connectivity index (χ4v) is 5.62. The molecule has 0 aliphatic carbocycles. The highest BCUT2D eigenvalue weighted by Gasteiger charge is 2.41. The molecular formula is C14H19BrO2S2. The van der Waals surface area contributed by atoms with Gasteiger partial charge in [-0.25, -0.2) is 0 Å². The number of halogens is 1. The van der Waals surface area contributed by atoms with Crippen LogP contribution in [-0.2, 0) is 4.74 Å². The van der Waals surface area contributed by atoms with Gasteiger partial charge in [-0.3, -0.25) is 0 Å². The summed E-state index contributed by atoms with van der Waals surface area (Å²) in [4.78, 5) is 0. The van der Waals surface area contributed by atoms with Gasteiger partial charge in [-0.15, -0.1) is 11.3 Å². The summed E-state index contributed by atoms with van der Waals surface area (Å²) in [5, 5.41) is 12.7. The lowest BCUT2D eigenvalue weighted by molar-refractivity contribution is -0.121. The first-order chi connectivity index (χ1) is 9.19. The predicted octanol–water partition coefficient (Wildman–Crippen LogP) is 4.24. The van der Waals surface area contributed by atoms with Crippen LogP contribution in [0, 0.1) is 5.92 Å². The van der Waals surface area contributed by atoms with Gasteiger partial charge < -0.3 is 9.84 Å². The third-order valence-corrected chi connectivity index (χ3v) is 6.82. The Hall–Kier alpha value is 0.450. The summed E-state index contributed by atoms with van der Waals surface area (Å²) in [6, 6.07) is 2.05. The van der Waals surface area contributed by atoms with Gasteiger partial charge in [0.05, 0.1) is 15.5 Å². The molecular weight excluding hydrogens is 344 g/mol. The largest absolute Gasteiger partial charge is 0.388 e. The van der Waals surface area contributed by atoms with Crippen LogP contribution in [-0.4, -0.2) is 28.8 Å². The molecule has 1 N–H and O–H groups in total. The molecule has 1 aromatic heterocycles. The second-order valence-electron chi connectivity index (χ2n) is 5.53. The van der Waals surface area contributed by atoms with Gasteiger partial charge in [-0.2, -0.15) is 11.8 Å². The van der Waals surface area contributed by atoms with Crippen molar-refractivity contribution in [3.8, 4) is 0 Å². The Balaban J connectivity index is 1.70. The van der Waals surface area contributed by atoms with Gasteiger partial charge >= 0.3 is 0 Å². The Morgan fingerprint density at radius 2 is 2.21 bits per heavy atom. The molecule has 0 amide bonds. The molecule has 2 nitrogen and oxygen atoms in total. The van der Waals surface area contributed by atoms with Crippen LogP contribution >= 0.6 is 39.0 Å². The molecule has 3 heterocycles. The van der Waals surface area contributed by atoms with Gasteiger partial charge in [0.15, 0.2) is 0 Å². The number of rotatable bonds is 2. The molecule has 3 rings (SSSR count). The van der Waals surface area contributed by atoms with E-state index in [1.54, 1.807) is 11.3 Å². The van der Waals surface area contributed by atoms with Crippen LogP contribution in [0.1, 0.15) is 37.4 Å². The van der Waals surface area contributed by atoms with Crippen LogP contribution in [0.25, 0.3) is 0 Å². The van der Waals surface area contributed by atoms with Crippen molar-refractivity contribution in [1.82, 2.24) is 0 Å². The second-order valence-corrected chi connectivity index (χ2v) is 9.04. The monoisotopic (exact) mass is 362 g/mol. The highest BCUT2D eigenvalue weighted by molar-refractivity contribution is 9.11. The summed E-state index contributed by atoms with van der Waals surface area (Å²) in [6.45, 7) is 0.803. The smallest absolute Gasteiger partial charge is 0.0828 e. The zero-order valence-corrected chi connectivity index (χ0v) is 14.0. The van der Waals surface area contributed by atoms with Gasteiger partial charge in [0.25, 0.3) is 0 Å². The minimum absolute atomic E-state index is 0.0579. The first-order valence-electron chi connectivity index (χ1n) is 6.82. The number of hydrogen-bond acceptors (Lipinski definition) is 4. The average Bonchev–Trinajstić information content (AvgIpc) is 2.85. The summed E-state index contributed by atoms with van der Waals surface area (Å²) >= 11 is 7.15. The molecule has 0 radical (unpaired) electrons. The standard InChI is InChI=1S/C14H19BrO2S2/c15-12-7-11(9-19-12)13(16)10-1-4-17-14(8-10)2-5-18-6-3-14/h7,9-10,13,16H,1-6,8H2. The molecule has 2 aliphatic rings. The summed E-state index contributed by atoms with van der Waals surface area (Å²) in [6.07, 6.45) is 3.95. The molecule has 0 bridgehead atoms. The molecule has 5 heteroatoms. The zero-order chi connectivity index (χ0) is 13.3. The van der Waals surface area contributed by atoms with Crippen LogP contribution in [0.3, 0.4) is 0 Å². The van der Waals surface area contributed by atoms with Gasteiger partial charge in [-0.1, -0.05) is 0 Å². The summed E-state index contributed by atoms with van der Waals surface area (Å²) in [5.41, 5.74) is 1.12. The maximum atomic E-state index is 10.6. The quantitative estimate of drug-likeness (QED) is 0.853. The van der Waals surface area contributed by atoms with Crippen LogP contribution in [0.5, 0.6) is 0 Å². The van der Waals surface area contributed by atoms with Gasteiger partial charge in [0.1, 0.15) is 0 Å². The van der Waals surface area contributed by atoms with Crippen LogP contribution in [0.15, 0.2) is 15.2 Å². The van der Waals surface area contributed by atoms with E-state index < -0.39 is 0 Å². The fraction of sp³-hybridized carbons (Fsp3) is 0.714. The van der Waals surface area contributed by atoms with Crippen molar-refractivity contribution < 1.29 is 9.84 Å². The molecule has 2 unspecified atom stereocenters. The molecule has 19 heavy (non-hydrogen) atoms. The highest BCUT2D eigenvalue weighted by Crippen LogP contribution is 2.44. The van der Waals surface area contributed by atoms with E-state index in [1.807, 2.05) is 17.8 Å². The molecule has 106 valence electrons. The Morgan fingerprint density at radius 1 is 1.42 bits per heavy atom. The van der Waals surface area contributed by atoms with Crippen molar-refractivity contribution in [3.05, 3.63) is 20.8 Å². The zero-order valence-electron chi connectivity index (χ0n) is 10.8. The SMILES string of the molecule is OC(c1csc(Br)c1)C1CCOC2(CCSCC2)C1. The highest BCUT2D eigenvalue weighted by atomic mass is 79.9. The summed E-state index contributed by atoms with van der Waals surface area (Å²) in [5.74, 6) is 2.75. The first-order valence-corrected chi connectivity index (χ1v) is 9.65. The number of thiophene rings is 1. The normalized spacial score (nSPS) is 28.4. The average molecular weight is 363 g/mol. The van der Waals surface area contributed by atoms with Gasteiger partial charge in [0.2, 0.25) is 0 Å². The van der Waals surface area contributed by atoms with Crippen LogP contribution < -0.4 is 0 Å². The molecule has 0 saturated carbocycles. The minimum atomic E-state index is -0.335. The minimum Gasteiger partial charge on any atom is -0.388 e. The third kappa shape index (κ3) is 3.21. The van der Waals surface area contributed by atoms with E-state index in [4.69, 9.17) is 4.74 Å². The lowest BCUT2D eigenvalue weighted by Crippen LogP contribution is -2.44. The van der Waals surface area contributed by atoms with E-state index in [1.165, 1.54) is 11.5 Å². The summed E-state index contributed by atoms with van der Waals surface area (Å²) < 4.78 is 7.19. The van der Waals surface area contributed by atoms with E-state index in [9.17, 15) is 5.11 Å². The molecule has 2 aliphatic heterocycles. The third-order valence-electron chi connectivity index (χ3n) is 4.31. The number of hydrogen-bond donors (Lipinski definition) is 1. The van der Waals surface area contributed by atoms with Crippen LogP contribution in [0.4, 0.5) is 0 Å². The molecule has 2 fully saturated rings. The Kier molecular flexibility index (Phi) is 4.59. The molecule has 1 aromatic rings. The van der Waals surface area contributed by atoms with E-state index in [0.29, 0.717) is 5.92 Å². The van der Waals surface area contributed by atoms with E-state index in [2.05, 4.69) is 21.3 Å². The lowest BCUT2D eigenvalue weighted by Gasteiger charge is -2.44. The molecule has 2 atom stereocenters. The van der Waals surface area contributed by atoms with Crippen molar-refractivity contribution in [2.45, 2.75) is 37.4 Å². The number of aliphatic hydroxyl groups excluding tert-OH is 1. The van der Waals surface area contributed by atoms with Crippen molar-refractivity contribution in [3.63, 3.8) is 0 Å². The second kappa shape index (κ2) is 6.06.